The molecule has 4 heteroatoms. The van der Waals surface area contributed by atoms with E-state index >= 15 is 0 Å². The Labute approximate surface area is 94.6 Å². The summed E-state index contributed by atoms with van der Waals surface area (Å²) in [4.78, 5) is 11.5. The minimum absolute atomic E-state index is 0.368. The summed E-state index contributed by atoms with van der Waals surface area (Å²) < 4.78 is 10.0. The molecule has 1 aliphatic heterocycles. The van der Waals surface area contributed by atoms with Crippen molar-refractivity contribution in [2.45, 2.75) is 12.8 Å². The molecular formula is C12H15NO3. The van der Waals surface area contributed by atoms with Crippen LogP contribution in [0.1, 0.15) is 22.3 Å². The summed E-state index contributed by atoms with van der Waals surface area (Å²) in [6.07, 6.45) is 2.12. The second-order valence-electron chi connectivity index (χ2n) is 3.70. The van der Waals surface area contributed by atoms with Crippen LogP contribution in [0.3, 0.4) is 0 Å². The van der Waals surface area contributed by atoms with Gasteiger partial charge in [0.15, 0.2) is 5.75 Å². The molecule has 0 aliphatic carbocycles. The lowest BCUT2D eigenvalue weighted by Crippen LogP contribution is -2.15. The fourth-order valence-electron chi connectivity index (χ4n) is 2.00. The standard InChI is InChI=1S/C12H15NO3/c1-15-11-9(12(14)16-2)6-5-8-4-3-7-13-10(8)11/h5-6,13H,3-4,7H2,1-2H3. The van der Waals surface area contributed by atoms with Crippen LogP contribution < -0.4 is 10.1 Å². The summed E-state index contributed by atoms with van der Waals surface area (Å²) >= 11 is 0. The molecule has 0 aromatic heterocycles. The van der Waals surface area contributed by atoms with Crippen LogP contribution in [-0.4, -0.2) is 26.7 Å². The van der Waals surface area contributed by atoms with E-state index < -0.39 is 0 Å². The molecule has 86 valence electrons. The highest BCUT2D eigenvalue weighted by Crippen LogP contribution is 2.35. The third kappa shape index (κ3) is 1.71. The average molecular weight is 221 g/mol. The summed E-state index contributed by atoms with van der Waals surface area (Å²) in [5, 5.41) is 3.27. The molecule has 0 spiro atoms. The van der Waals surface area contributed by atoms with Crippen LogP contribution in [0.2, 0.25) is 0 Å². The maximum Gasteiger partial charge on any atom is 0.341 e. The molecule has 0 bridgehead atoms. The first kappa shape index (κ1) is 10.8. The maximum atomic E-state index is 11.5. The van der Waals surface area contributed by atoms with Gasteiger partial charge in [-0.15, -0.1) is 0 Å². The van der Waals surface area contributed by atoms with Gasteiger partial charge in [0.05, 0.1) is 19.9 Å². The van der Waals surface area contributed by atoms with Gasteiger partial charge in [-0.2, -0.15) is 0 Å². The van der Waals surface area contributed by atoms with E-state index in [1.54, 1.807) is 13.2 Å². The van der Waals surface area contributed by atoms with E-state index in [-0.39, 0.29) is 5.97 Å². The molecular weight excluding hydrogens is 206 g/mol. The number of rotatable bonds is 2. The van der Waals surface area contributed by atoms with Gasteiger partial charge >= 0.3 is 5.97 Å². The molecule has 1 aliphatic rings. The first-order valence-electron chi connectivity index (χ1n) is 5.30. The predicted octanol–water partition coefficient (Wildman–Crippen LogP) is 1.84. The van der Waals surface area contributed by atoms with Crippen LogP contribution in [0, 0.1) is 0 Å². The topological polar surface area (TPSA) is 47.6 Å². The molecule has 0 amide bonds. The summed E-state index contributed by atoms with van der Waals surface area (Å²) in [7, 11) is 2.94. The van der Waals surface area contributed by atoms with Crippen LogP contribution >= 0.6 is 0 Å². The van der Waals surface area contributed by atoms with Gasteiger partial charge in [-0.05, 0) is 24.5 Å². The first-order chi connectivity index (χ1) is 7.77. The fraction of sp³-hybridized carbons (Fsp3) is 0.417. The second kappa shape index (κ2) is 4.43. The van der Waals surface area contributed by atoms with Crippen molar-refractivity contribution in [3.05, 3.63) is 23.3 Å². The molecule has 1 aromatic carbocycles. The quantitative estimate of drug-likeness (QED) is 0.774. The van der Waals surface area contributed by atoms with Crippen LogP contribution in [-0.2, 0) is 11.2 Å². The Morgan fingerprint density at radius 2 is 2.19 bits per heavy atom. The Bertz CT molecular complexity index is 415. The number of carbonyl (C=O) groups is 1. The molecule has 2 rings (SSSR count). The summed E-state index contributed by atoms with van der Waals surface area (Å²) in [6.45, 7) is 0.911. The monoisotopic (exact) mass is 221 g/mol. The van der Waals surface area contributed by atoms with Crippen molar-refractivity contribution in [2.24, 2.45) is 0 Å². The molecule has 0 unspecified atom stereocenters. The van der Waals surface area contributed by atoms with Gasteiger partial charge in [0, 0.05) is 6.54 Å². The number of hydrogen-bond acceptors (Lipinski definition) is 4. The highest BCUT2D eigenvalue weighted by molar-refractivity contribution is 5.95. The van der Waals surface area contributed by atoms with Crippen molar-refractivity contribution < 1.29 is 14.3 Å². The lowest BCUT2D eigenvalue weighted by molar-refractivity contribution is 0.0597. The zero-order valence-corrected chi connectivity index (χ0v) is 9.50. The number of ether oxygens (including phenoxy) is 2. The van der Waals surface area contributed by atoms with E-state index in [1.807, 2.05) is 6.07 Å². The van der Waals surface area contributed by atoms with E-state index in [2.05, 4.69) is 5.32 Å². The lowest BCUT2D eigenvalue weighted by atomic mass is 10.00. The zero-order valence-electron chi connectivity index (χ0n) is 9.50. The number of aryl methyl sites for hydroxylation is 1. The van der Waals surface area contributed by atoms with E-state index in [1.165, 1.54) is 12.7 Å². The third-order valence-corrected chi connectivity index (χ3v) is 2.78. The van der Waals surface area contributed by atoms with Crippen LogP contribution in [0.4, 0.5) is 5.69 Å². The predicted molar refractivity (Wildman–Crippen MR) is 61.1 cm³/mol. The maximum absolute atomic E-state index is 11.5. The Hall–Kier alpha value is -1.71. The van der Waals surface area contributed by atoms with Gasteiger partial charge < -0.3 is 14.8 Å². The summed E-state index contributed by atoms with van der Waals surface area (Å²) in [5.74, 6) is 0.219. The van der Waals surface area contributed by atoms with Crippen molar-refractivity contribution in [2.75, 3.05) is 26.1 Å². The molecule has 16 heavy (non-hydrogen) atoms. The van der Waals surface area contributed by atoms with E-state index in [0.29, 0.717) is 11.3 Å². The van der Waals surface area contributed by atoms with Crippen molar-refractivity contribution in [3.8, 4) is 5.75 Å². The molecule has 1 aromatic rings. The van der Waals surface area contributed by atoms with Crippen molar-refractivity contribution in [1.82, 2.24) is 0 Å². The average Bonchev–Trinajstić information content (AvgIpc) is 2.36. The Kier molecular flexibility index (Phi) is 2.99. The number of esters is 1. The minimum Gasteiger partial charge on any atom is -0.494 e. The van der Waals surface area contributed by atoms with Gasteiger partial charge in [0.25, 0.3) is 0 Å². The second-order valence-corrected chi connectivity index (χ2v) is 3.70. The van der Waals surface area contributed by atoms with Crippen molar-refractivity contribution >= 4 is 11.7 Å². The molecule has 0 saturated heterocycles. The van der Waals surface area contributed by atoms with E-state index in [0.717, 1.165) is 25.1 Å². The fourth-order valence-corrected chi connectivity index (χ4v) is 2.00. The Morgan fingerprint density at radius 3 is 2.88 bits per heavy atom. The highest BCUT2D eigenvalue weighted by Gasteiger charge is 2.20. The molecule has 1 heterocycles. The first-order valence-corrected chi connectivity index (χ1v) is 5.30. The van der Waals surface area contributed by atoms with Gasteiger partial charge in [0.1, 0.15) is 5.56 Å². The SMILES string of the molecule is COC(=O)c1ccc2c(c1OC)NCCC2. The molecule has 0 saturated carbocycles. The van der Waals surface area contributed by atoms with Gasteiger partial charge in [-0.25, -0.2) is 4.79 Å². The van der Waals surface area contributed by atoms with Crippen molar-refractivity contribution in [1.29, 1.82) is 0 Å². The van der Waals surface area contributed by atoms with Crippen molar-refractivity contribution in [3.63, 3.8) is 0 Å². The van der Waals surface area contributed by atoms with Gasteiger partial charge in [-0.1, -0.05) is 6.07 Å². The number of anilines is 1. The Balaban J connectivity index is 2.51. The zero-order chi connectivity index (χ0) is 11.5. The minimum atomic E-state index is -0.368. The highest BCUT2D eigenvalue weighted by atomic mass is 16.5. The van der Waals surface area contributed by atoms with Crippen LogP contribution in [0.25, 0.3) is 0 Å². The van der Waals surface area contributed by atoms with Gasteiger partial charge in [-0.3, -0.25) is 0 Å². The molecule has 0 radical (unpaired) electrons. The van der Waals surface area contributed by atoms with Gasteiger partial charge in [0.2, 0.25) is 0 Å². The number of methoxy groups -OCH3 is 2. The molecule has 1 N–H and O–H groups in total. The number of nitrogens with one attached hydrogen (secondary N) is 1. The van der Waals surface area contributed by atoms with Crippen LogP contribution in [0.5, 0.6) is 5.75 Å². The summed E-state index contributed by atoms with van der Waals surface area (Å²) in [5.41, 5.74) is 2.59. The van der Waals surface area contributed by atoms with E-state index in [4.69, 9.17) is 9.47 Å². The summed E-state index contributed by atoms with van der Waals surface area (Å²) in [6, 6.07) is 3.72. The smallest absolute Gasteiger partial charge is 0.341 e. The van der Waals surface area contributed by atoms with Crippen LogP contribution in [0.15, 0.2) is 12.1 Å². The lowest BCUT2D eigenvalue weighted by Gasteiger charge is -2.21. The Morgan fingerprint density at radius 1 is 1.38 bits per heavy atom. The number of carbonyl (C=O) groups excluding carboxylic acids is 1. The van der Waals surface area contributed by atoms with E-state index in [9.17, 15) is 4.79 Å². The number of hydrogen-bond donors (Lipinski definition) is 1. The third-order valence-electron chi connectivity index (χ3n) is 2.78. The number of benzene rings is 1. The molecule has 0 fully saturated rings. The molecule has 0 atom stereocenters. The largest absolute Gasteiger partial charge is 0.494 e. The normalized spacial score (nSPS) is 13.6. The molecule has 4 nitrogen and oxygen atoms in total. The number of fused-ring (bicyclic) bond motifs is 1.